The number of para-hydroxylation sites is 1. The van der Waals surface area contributed by atoms with E-state index >= 15 is 0 Å². The summed E-state index contributed by atoms with van der Waals surface area (Å²) in [5, 5.41) is 2.98. The average molecular weight is 374 g/mol. The first-order chi connectivity index (χ1) is 13.0. The van der Waals surface area contributed by atoms with Gasteiger partial charge in [-0.05, 0) is 32.0 Å². The Morgan fingerprint density at radius 3 is 2.70 bits per heavy atom. The average Bonchev–Trinajstić information content (AvgIpc) is 2.83. The molecular weight excluding hydrogens is 344 g/mol. The van der Waals surface area contributed by atoms with Gasteiger partial charge in [0.05, 0.1) is 6.61 Å². The number of amides is 3. The zero-order valence-corrected chi connectivity index (χ0v) is 16.3. The van der Waals surface area contributed by atoms with Gasteiger partial charge < -0.3 is 19.9 Å². The van der Waals surface area contributed by atoms with Gasteiger partial charge in [-0.25, -0.2) is 4.79 Å². The molecule has 2 aliphatic rings. The molecule has 1 atom stereocenters. The van der Waals surface area contributed by atoms with Gasteiger partial charge in [-0.2, -0.15) is 0 Å². The van der Waals surface area contributed by atoms with Crippen LogP contribution in [0, 0.1) is 0 Å². The number of likely N-dealkylation sites (tertiary alicyclic amines) is 1. The van der Waals surface area contributed by atoms with Gasteiger partial charge in [0.2, 0.25) is 5.91 Å². The number of hydrogen-bond donors (Lipinski definition) is 1. The van der Waals surface area contributed by atoms with Crippen LogP contribution in [0.3, 0.4) is 0 Å². The van der Waals surface area contributed by atoms with Crippen molar-refractivity contribution in [2.45, 2.75) is 24.8 Å². The summed E-state index contributed by atoms with van der Waals surface area (Å²) >= 11 is 0. The van der Waals surface area contributed by atoms with Crippen LogP contribution in [0.25, 0.3) is 0 Å². The molecule has 0 saturated carbocycles. The van der Waals surface area contributed by atoms with Crippen molar-refractivity contribution in [1.82, 2.24) is 14.7 Å². The van der Waals surface area contributed by atoms with E-state index in [2.05, 4.69) is 17.3 Å². The normalized spacial score (nSPS) is 24.1. The zero-order valence-electron chi connectivity index (χ0n) is 16.3. The van der Waals surface area contributed by atoms with Crippen LogP contribution in [-0.4, -0.2) is 85.7 Å². The molecular formula is C20H30N4O3. The Balaban J connectivity index is 1.67. The first kappa shape index (κ1) is 19.6. The number of nitrogens with zero attached hydrogens (tertiary/aromatic N) is 3. The molecule has 2 heterocycles. The van der Waals surface area contributed by atoms with Crippen LogP contribution in [-0.2, 0) is 9.53 Å². The minimum atomic E-state index is -0.149. The number of rotatable bonds is 4. The first-order valence-electron chi connectivity index (χ1n) is 9.63. The third kappa shape index (κ3) is 4.59. The Kier molecular flexibility index (Phi) is 6.34. The molecule has 1 aromatic carbocycles. The zero-order chi connectivity index (χ0) is 19.3. The van der Waals surface area contributed by atoms with E-state index in [1.165, 1.54) is 0 Å². The van der Waals surface area contributed by atoms with E-state index in [1.54, 1.807) is 7.11 Å². The van der Waals surface area contributed by atoms with E-state index in [0.29, 0.717) is 39.2 Å². The molecule has 27 heavy (non-hydrogen) atoms. The molecule has 3 rings (SSSR count). The molecule has 7 heteroatoms. The quantitative estimate of drug-likeness (QED) is 0.874. The maximum absolute atomic E-state index is 12.8. The van der Waals surface area contributed by atoms with Gasteiger partial charge in [-0.1, -0.05) is 18.2 Å². The molecule has 3 amide bonds. The summed E-state index contributed by atoms with van der Waals surface area (Å²) < 4.78 is 5.13. The highest BCUT2D eigenvalue weighted by molar-refractivity contribution is 5.89. The maximum Gasteiger partial charge on any atom is 0.321 e. The minimum absolute atomic E-state index is 0.0690. The summed E-state index contributed by atoms with van der Waals surface area (Å²) in [5.41, 5.74) is 0.654. The number of benzene rings is 1. The molecule has 7 nitrogen and oxygen atoms in total. The summed E-state index contributed by atoms with van der Waals surface area (Å²) in [6, 6.07) is 9.46. The smallest absolute Gasteiger partial charge is 0.321 e. The maximum atomic E-state index is 12.8. The van der Waals surface area contributed by atoms with E-state index < -0.39 is 0 Å². The fraction of sp³-hybridized carbons (Fsp3) is 0.600. The summed E-state index contributed by atoms with van der Waals surface area (Å²) in [4.78, 5) is 31.4. The number of methoxy groups -OCH3 is 1. The van der Waals surface area contributed by atoms with Crippen molar-refractivity contribution < 1.29 is 14.3 Å². The predicted molar refractivity (Wildman–Crippen MR) is 105 cm³/mol. The number of carbonyl (C=O) groups is 2. The molecule has 2 saturated heterocycles. The van der Waals surface area contributed by atoms with Crippen molar-refractivity contribution in [3.05, 3.63) is 30.3 Å². The number of likely N-dealkylation sites (N-methyl/N-ethyl adjacent to an activating group) is 1. The summed E-state index contributed by atoms with van der Waals surface area (Å²) in [6.45, 7) is 4.05. The van der Waals surface area contributed by atoms with E-state index in [1.807, 2.05) is 40.1 Å². The Hall–Kier alpha value is -2.12. The van der Waals surface area contributed by atoms with Crippen molar-refractivity contribution in [1.29, 1.82) is 0 Å². The van der Waals surface area contributed by atoms with Crippen LogP contribution in [0.4, 0.5) is 10.5 Å². The molecule has 0 aromatic heterocycles. The van der Waals surface area contributed by atoms with Gasteiger partial charge >= 0.3 is 6.03 Å². The second-order valence-electron chi connectivity index (χ2n) is 7.49. The van der Waals surface area contributed by atoms with Crippen molar-refractivity contribution in [2.75, 3.05) is 58.8 Å². The SMILES string of the molecule is COCCN1CCC2(CCC1=O)CN(C(=O)Nc1ccccc1)CCN2C. The second kappa shape index (κ2) is 8.71. The molecule has 0 radical (unpaired) electrons. The van der Waals surface area contributed by atoms with Gasteiger partial charge in [0, 0.05) is 57.5 Å². The number of carbonyl (C=O) groups excluding carboxylic acids is 2. The van der Waals surface area contributed by atoms with E-state index in [4.69, 9.17) is 4.74 Å². The van der Waals surface area contributed by atoms with Crippen LogP contribution < -0.4 is 5.32 Å². The molecule has 148 valence electrons. The standard InChI is InChI=1S/C20H30N4O3/c1-22-12-13-24(19(26)21-17-6-4-3-5-7-17)16-20(22)9-8-18(25)23(11-10-20)14-15-27-2/h3-7H,8-16H2,1-2H3,(H,21,26). The highest BCUT2D eigenvalue weighted by Gasteiger charge is 2.43. The molecule has 0 aliphatic carbocycles. The molecule has 1 unspecified atom stereocenters. The highest BCUT2D eigenvalue weighted by atomic mass is 16.5. The van der Waals surface area contributed by atoms with Gasteiger partial charge in [0.25, 0.3) is 0 Å². The summed E-state index contributed by atoms with van der Waals surface area (Å²) in [5.74, 6) is 0.184. The third-order valence-electron chi connectivity index (χ3n) is 5.88. The van der Waals surface area contributed by atoms with E-state index in [0.717, 1.165) is 25.1 Å². The number of nitrogens with one attached hydrogen (secondary N) is 1. The summed E-state index contributed by atoms with van der Waals surface area (Å²) in [6.07, 6.45) is 2.16. The lowest BCUT2D eigenvalue weighted by molar-refractivity contribution is -0.131. The van der Waals surface area contributed by atoms with Gasteiger partial charge in [0.15, 0.2) is 0 Å². The van der Waals surface area contributed by atoms with Crippen molar-refractivity contribution in [3.8, 4) is 0 Å². The molecule has 2 fully saturated rings. The second-order valence-corrected chi connectivity index (χ2v) is 7.49. The largest absolute Gasteiger partial charge is 0.383 e. The fourth-order valence-corrected chi connectivity index (χ4v) is 4.03. The number of ether oxygens (including phenoxy) is 1. The highest BCUT2D eigenvalue weighted by Crippen LogP contribution is 2.32. The van der Waals surface area contributed by atoms with Crippen LogP contribution in [0.2, 0.25) is 0 Å². The van der Waals surface area contributed by atoms with E-state index in [-0.39, 0.29) is 17.5 Å². The van der Waals surface area contributed by atoms with Crippen molar-refractivity contribution >= 4 is 17.6 Å². The monoisotopic (exact) mass is 374 g/mol. The van der Waals surface area contributed by atoms with Crippen LogP contribution >= 0.6 is 0 Å². The molecule has 1 spiro atoms. The summed E-state index contributed by atoms with van der Waals surface area (Å²) in [7, 11) is 3.77. The van der Waals surface area contributed by atoms with Crippen molar-refractivity contribution in [2.24, 2.45) is 0 Å². The first-order valence-corrected chi connectivity index (χ1v) is 9.63. The lowest BCUT2D eigenvalue weighted by atomic mass is 9.86. The van der Waals surface area contributed by atoms with Gasteiger partial charge in [-0.15, -0.1) is 0 Å². The molecule has 1 aromatic rings. The number of anilines is 1. The van der Waals surface area contributed by atoms with Crippen LogP contribution in [0.15, 0.2) is 30.3 Å². The number of piperazine rings is 1. The third-order valence-corrected chi connectivity index (χ3v) is 5.88. The topological polar surface area (TPSA) is 65.1 Å². The molecule has 2 aliphatic heterocycles. The number of hydrogen-bond acceptors (Lipinski definition) is 4. The lowest BCUT2D eigenvalue weighted by Crippen LogP contribution is -2.62. The molecule has 1 N–H and O–H groups in total. The lowest BCUT2D eigenvalue weighted by Gasteiger charge is -2.49. The Labute approximate surface area is 161 Å². The van der Waals surface area contributed by atoms with Crippen LogP contribution in [0.5, 0.6) is 0 Å². The van der Waals surface area contributed by atoms with Gasteiger partial charge in [0.1, 0.15) is 0 Å². The minimum Gasteiger partial charge on any atom is -0.383 e. The van der Waals surface area contributed by atoms with E-state index in [9.17, 15) is 9.59 Å². The molecule has 0 bridgehead atoms. The Bertz CT molecular complexity index is 654. The Morgan fingerprint density at radius 1 is 1.19 bits per heavy atom. The van der Waals surface area contributed by atoms with Crippen molar-refractivity contribution in [3.63, 3.8) is 0 Å². The van der Waals surface area contributed by atoms with Crippen LogP contribution in [0.1, 0.15) is 19.3 Å². The predicted octanol–water partition coefficient (Wildman–Crippen LogP) is 1.86. The fourth-order valence-electron chi connectivity index (χ4n) is 4.03. The Morgan fingerprint density at radius 2 is 1.96 bits per heavy atom. The van der Waals surface area contributed by atoms with Gasteiger partial charge in [-0.3, -0.25) is 9.69 Å². The number of urea groups is 1.